The van der Waals surface area contributed by atoms with Crippen LogP contribution in [0.2, 0.25) is 5.02 Å². The Kier molecular flexibility index (Phi) is 10.2. The van der Waals surface area contributed by atoms with E-state index in [2.05, 4.69) is 5.32 Å². The molecule has 0 atom stereocenters. The van der Waals surface area contributed by atoms with Gasteiger partial charge >= 0.3 is 5.97 Å². The summed E-state index contributed by atoms with van der Waals surface area (Å²) >= 11 is 6.84. The van der Waals surface area contributed by atoms with Gasteiger partial charge in [0.2, 0.25) is 5.91 Å². The third-order valence-electron chi connectivity index (χ3n) is 5.85. The Bertz CT molecular complexity index is 1490. The molecule has 0 spiro atoms. The second kappa shape index (κ2) is 14.0. The van der Waals surface area contributed by atoms with E-state index in [4.69, 9.17) is 21.1 Å². The maximum atomic E-state index is 13.1. The van der Waals surface area contributed by atoms with E-state index in [1.807, 2.05) is 6.92 Å². The molecule has 0 aliphatic carbocycles. The lowest BCUT2D eigenvalue weighted by atomic mass is 10.2. The van der Waals surface area contributed by atoms with Crippen molar-refractivity contribution in [1.82, 2.24) is 4.90 Å². The number of thioether (sulfide) groups is 1. The van der Waals surface area contributed by atoms with Gasteiger partial charge in [0, 0.05) is 5.69 Å². The fourth-order valence-corrected chi connectivity index (χ4v) is 4.75. The number of carbonyl (C=O) groups excluding carboxylic acids is 4. The summed E-state index contributed by atoms with van der Waals surface area (Å²) < 4.78 is 24.1. The summed E-state index contributed by atoms with van der Waals surface area (Å²) in [5.74, 6) is -1.65. The molecule has 1 heterocycles. The van der Waals surface area contributed by atoms with Gasteiger partial charge in [0.1, 0.15) is 24.7 Å². The molecule has 3 aromatic carbocycles. The van der Waals surface area contributed by atoms with Crippen molar-refractivity contribution in [3.63, 3.8) is 0 Å². The molecule has 3 amide bonds. The number of hydrogen-bond acceptors (Lipinski definition) is 7. The predicted molar refractivity (Wildman–Crippen MR) is 155 cm³/mol. The van der Waals surface area contributed by atoms with Gasteiger partial charge in [-0.05, 0) is 77.9 Å². The lowest BCUT2D eigenvalue weighted by molar-refractivity contribution is -0.127. The monoisotopic (exact) mass is 596 g/mol. The first-order valence-electron chi connectivity index (χ1n) is 12.7. The van der Waals surface area contributed by atoms with Crippen LogP contribution in [0, 0.1) is 5.82 Å². The molecule has 11 heteroatoms. The Morgan fingerprint density at radius 3 is 2.61 bits per heavy atom. The molecule has 41 heavy (non-hydrogen) atoms. The molecule has 3 aromatic rings. The SMILES string of the molecule is CCCCOC(=O)c1cc(NC(=O)CN2C(=O)S/C(=C/c3cccc(OCc4ccc(F)cc4)c3)C2=O)ccc1Cl. The van der Waals surface area contributed by atoms with Gasteiger partial charge in [0.25, 0.3) is 11.1 Å². The number of esters is 1. The summed E-state index contributed by atoms with van der Waals surface area (Å²) in [5, 5.41) is 2.17. The Hall–Kier alpha value is -4.15. The van der Waals surface area contributed by atoms with Gasteiger partial charge in [-0.1, -0.05) is 49.2 Å². The van der Waals surface area contributed by atoms with Crippen LogP contribution in [0.15, 0.2) is 71.6 Å². The Morgan fingerprint density at radius 1 is 1.07 bits per heavy atom. The Balaban J connectivity index is 1.37. The first-order chi connectivity index (χ1) is 19.7. The zero-order valence-electron chi connectivity index (χ0n) is 22.0. The standard InChI is InChI=1S/C30H26ClFN2O6S/c1-2-3-13-39-29(37)24-16-22(11-12-25(24)31)33-27(35)17-34-28(36)26(41-30(34)38)15-20-5-4-6-23(14-20)40-18-19-7-9-21(32)10-8-19/h4-12,14-16H,2-3,13,17-18H2,1H3,(H,33,35)/b26-15+. The summed E-state index contributed by atoms with van der Waals surface area (Å²) in [6, 6.07) is 17.2. The first kappa shape index (κ1) is 29.8. The van der Waals surface area contributed by atoms with Crippen molar-refractivity contribution < 1.29 is 33.0 Å². The average molecular weight is 597 g/mol. The number of hydrogen-bond donors (Lipinski definition) is 1. The van der Waals surface area contributed by atoms with Gasteiger partial charge in [-0.3, -0.25) is 19.3 Å². The molecular weight excluding hydrogens is 571 g/mol. The van der Waals surface area contributed by atoms with Crippen molar-refractivity contribution in [2.75, 3.05) is 18.5 Å². The maximum Gasteiger partial charge on any atom is 0.339 e. The molecule has 0 radical (unpaired) electrons. The van der Waals surface area contributed by atoms with Crippen molar-refractivity contribution >= 4 is 58.1 Å². The molecule has 0 aromatic heterocycles. The molecule has 4 rings (SSSR count). The number of nitrogens with one attached hydrogen (secondary N) is 1. The quantitative estimate of drug-likeness (QED) is 0.149. The molecule has 1 saturated heterocycles. The van der Waals surface area contributed by atoms with Crippen LogP contribution in [-0.4, -0.2) is 41.1 Å². The second-order valence-electron chi connectivity index (χ2n) is 8.99. The van der Waals surface area contributed by atoms with E-state index in [1.165, 1.54) is 30.3 Å². The van der Waals surface area contributed by atoms with Crippen LogP contribution < -0.4 is 10.1 Å². The minimum absolute atomic E-state index is 0.0959. The summed E-state index contributed by atoms with van der Waals surface area (Å²) in [7, 11) is 0. The number of benzene rings is 3. The highest BCUT2D eigenvalue weighted by atomic mass is 35.5. The van der Waals surface area contributed by atoms with Crippen molar-refractivity contribution in [3.05, 3.63) is 99.2 Å². The minimum atomic E-state index is -0.627. The number of nitrogens with zero attached hydrogens (tertiary/aromatic N) is 1. The molecule has 212 valence electrons. The number of imide groups is 1. The summed E-state index contributed by atoms with van der Waals surface area (Å²) in [4.78, 5) is 51.5. The van der Waals surface area contributed by atoms with Gasteiger partial charge in [0.05, 0.1) is 22.1 Å². The number of rotatable bonds is 11. The summed E-state index contributed by atoms with van der Waals surface area (Å²) in [5.41, 5.74) is 1.77. The Labute approximate surface area is 245 Å². The van der Waals surface area contributed by atoms with Gasteiger partial charge in [-0.25, -0.2) is 9.18 Å². The van der Waals surface area contributed by atoms with Crippen LogP contribution in [0.3, 0.4) is 0 Å². The number of ether oxygens (including phenoxy) is 2. The van der Waals surface area contributed by atoms with Crippen molar-refractivity contribution in [2.45, 2.75) is 26.4 Å². The molecule has 0 bridgehead atoms. The average Bonchev–Trinajstić information content (AvgIpc) is 3.21. The van der Waals surface area contributed by atoms with E-state index >= 15 is 0 Å². The van der Waals surface area contributed by atoms with Crippen LogP contribution in [-0.2, 0) is 20.9 Å². The zero-order valence-corrected chi connectivity index (χ0v) is 23.6. The first-order valence-corrected chi connectivity index (χ1v) is 13.9. The van der Waals surface area contributed by atoms with Crippen molar-refractivity contribution in [2.24, 2.45) is 0 Å². The second-order valence-corrected chi connectivity index (χ2v) is 10.4. The third kappa shape index (κ3) is 8.18. The van der Waals surface area contributed by atoms with E-state index in [0.29, 0.717) is 17.7 Å². The number of carbonyl (C=O) groups is 4. The predicted octanol–water partition coefficient (Wildman–Crippen LogP) is 6.69. The largest absolute Gasteiger partial charge is 0.489 e. The topological polar surface area (TPSA) is 102 Å². The van der Waals surface area contributed by atoms with Crippen molar-refractivity contribution in [3.8, 4) is 5.75 Å². The van der Waals surface area contributed by atoms with Crippen LogP contribution in [0.1, 0.15) is 41.3 Å². The number of halogens is 2. The summed E-state index contributed by atoms with van der Waals surface area (Å²) in [6.07, 6.45) is 3.12. The fourth-order valence-electron chi connectivity index (χ4n) is 3.72. The molecular formula is C30H26ClFN2O6S. The number of anilines is 1. The minimum Gasteiger partial charge on any atom is -0.489 e. The van der Waals surface area contributed by atoms with Gasteiger partial charge in [-0.15, -0.1) is 0 Å². The normalized spacial score (nSPS) is 13.9. The fraction of sp³-hybridized carbons (Fsp3) is 0.200. The highest BCUT2D eigenvalue weighted by molar-refractivity contribution is 8.18. The van der Waals surface area contributed by atoms with Crippen LogP contribution >= 0.6 is 23.4 Å². The van der Waals surface area contributed by atoms with E-state index < -0.39 is 29.6 Å². The maximum absolute atomic E-state index is 13.1. The summed E-state index contributed by atoms with van der Waals surface area (Å²) in [6.45, 7) is 1.94. The van der Waals surface area contributed by atoms with Crippen LogP contribution in [0.4, 0.5) is 14.9 Å². The highest BCUT2D eigenvalue weighted by Gasteiger charge is 2.36. The lowest BCUT2D eigenvalue weighted by Gasteiger charge is -2.13. The molecule has 0 saturated carbocycles. The van der Waals surface area contributed by atoms with Crippen LogP contribution in [0.25, 0.3) is 6.08 Å². The number of amides is 3. The van der Waals surface area contributed by atoms with Gasteiger partial charge < -0.3 is 14.8 Å². The van der Waals surface area contributed by atoms with Crippen LogP contribution in [0.5, 0.6) is 5.75 Å². The smallest absolute Gasteiger partial charge is 0.339 e. The molecule has 1 aliphatic rings. The molecule has 1 fully saturated rings. The molecule has 1 N–H and O–H groups in total. The zero-order chi connectivity index (χ0) is 29.4. The molecule has 1 aliphatic heterocycles. The number of unbranched alkanes of at least 4 members (excludes halogenated alkanes) is 1. The van der Waals surface area contributed by atoms with E-state index in [-0.39, 0.29) is 40.2 Å². The van der Waals surface area contributed by atoms with E-state index in [9.17, 15) is 23.6 Å². The van der Waals surface area contributed by atoms with E-state index in [1.54, 1.807) is 42.5 Å². The Morgan fingerprint density at radius 2 is 1.85 bits per heavy atom. The van der Waals surface area contributed by atoms with Crippen molar-refractivity contribution in [1.29, 1.82) is 0 Å². The molecule has 8 nitrogen and oxygen atoms in total. The van der Waals surface area contributed by atoms with Gasteiger partial charge in [0.15, 0.2) is 0 Å². The van der Waals surface area contributed by atoms with E-state index in [0.717, 1.165) is 28.6 Å². The highest BCUT2D eigenvalue weighted by Crippen LogP contribution is 2.33. The van der Waals surface area contributed by atoms with Gasteiger partial charge in [-0.2, -0.15) is 0 Å². The third-order valence-corrected chi connectivity index (χ3v) is 7.09. The molecule has 0 unspecified atom stereocenters. The lowest BCUT2D eigenvalue weighted by Crippen LogP contribution is -2.36.